The van der Waals surface area contributed by atoms with E-state index in [-0.39, 0.29) is 6.04 Å². The van der Waals surface area contributed by atoms with Crippen LogP contribution in [0.4, 0.5) is 5.69 Å². The molecule has 0 saturated heterocycles. The van der Waals surface area contributed by atoms with Gasteiger partial charge in [-0.05, 0) is 29.1 Å². The summed E-state index contributed by atoms with van der Waals surface area (Å²) in [5.41, 5.74) is 4.90. The van der Waals surface area contributed by atoms with Gasteiger partial charge in [0.25, 0.3) is 0 Å². The SMILES string of the molecule is c1ccc2c(c1)CC(c1cc3ccccc3[nH]1)[N]2. The summed E-state index contributed by atoms with van der Waals surface area (Å²) in [6.45, 7) is 0. The normalized spacial score (nSPS) is 17.7. The molecule has 1 atom stereocenters. The Hall–Kier alpha value is -2.22. The molecule has 1 aliphatic rings. The lowest BCUT2D eigenvalue weighted by Crippen LogP contribution is -2.04. The number of hydrogen-bond acceptors (Lipinski definition) is 0. The van der Waals surface area contributed by atoms with Crippen molar-refractivity contribution in [3.63, 3.8) is 0 Å². The van der Waals surface area contributed by atoms with Crippen LogP contribution in [0.1, 0.15) is 17.3 Å². The number of fused-ring (bicyclic) bond motifs is 2. The lowest BCUT2D eigenvalue weighted by Gasteiger charge is -2.05. The van der Waals surface area contributed by atoms with Crippen molar-refractivity contribution in [1.82, 2.24) is 10.3 Å². The van der Waals surface area contributed by atoms with Gasteiger partial charge < -0.3 is 4.98 Å². The average Bonchev–Trinajstić information content (AvgIpc) is 3.02. The van der Waals surface area contributed by atoms with E-state index < -0.39 is 0 Å². The van der Waals surface area contributed by atoms with Crippen LogP contribution in [-0.4, -0.2) is 4.98 Å². The number of nitrogens with one attached hydrogen (secondary N) is 1. The fourth-order valence-corrected chi connectivity index (χ4v) is 2.69. The molecule has 1 aromatic heterocycles. The molecule has 2 nitrogen and oxygen atoms in total. The third-order valence-corrected chi connectivity index (χ3v) is 3.61. The number of aromatic amines is 1. The summed E-state index contributed by atoms with van der Waals surface area (Å²) in [5, 5.41) is 6.05. The first-order valence-electron chi connectivity index (χ1n) is 6.26. The largest absolute Gasteiger partial charge is 0.357 e. The van der Waals surface area contributed by atoms with Crippen molar-refractivity contribution in [3.8, 4) is 0 Å². The molecule has 1 N–H and O–H groups in total. The van der Waals surface area contributed by atoms with Crippen LogP contribution in [0.5, 0.6) is 0 Å². The molecule has 2 heterocycles. The van der Waals surface area contributed by atoms with Gasteiger partial charge in [-0.25, -0.2) is 0 Å². The van der Waals surface area contributed by atoms with Crippen molar-refractivity contribution >= 4 is 16.6 Å². The summed E-state index contributed by atoms with van der Waals surface area (Å²) in [5.74, 6) is 0. The second-order valence-corrected chi connectivity index (χ2v) is 4.79. The summed E-state index contributed by atoms with van der Waals surface area (Å²) in [4.78, 5) is 3.48. The number of benzene rings is 2. The Morgan fingerprint density at radius 1 is 1.00 bits per heavy atom. The predicted molar refractivity (Wildman–Crippen MR) is 73.0 cm³/mol. The van der Waals surface area contributed by atoms with Gasteiger partial charge in [-0.2, -0.15) is 0 Å². The van der Waals surface area contributed by atoms with Gasteiger partial charge in [-0.1, -0.05) is 36.4 Å². The lowest BCUT2D eigenvalue weighted by molar-refractivity contribution is 0.651. The molecule has 2 heteroatoms. The maximum atomic E-state index is 4.79. The highest BCUT2D eigenvalue weighted by atomic mass is 15.0. The Balaban J connectivity index is 1.73. The Labute approximate surface area is 106 Å². The summed E-state index contributed by atoms with van der Waals surface area (Å²) in [6.07, 6.45) is 1.00. The number of para-hydroxylation sites is 2. The third kappa shape index (κ3) is 1.42. The van der Waals surface area contributed by atoms with Gasteiger partial charge in [0.1, 0.15) is 0 Å². The zero-order valence-corrected chi connectivity index (χ0v) is 9.93. The lowest BCUT2D eigenvalue weighted by atomic mass is 10.1. The maximum absolute atomic E-state index is 4.79. The van der Waals surface area contributed by atoms with E-state index in [0.717, 1.165) is 12.1 Å². The van der Waals surface area contributed by atoms with Crippen LogP contribution in [0, 0.1) is 0 Å². The minimum Gasteiger partial charge on any atom is -0.357 e. The predicted octanol–water partition coefficient (Wildman–Crippen LogP) is 3.70. The number of nitrogens with zero attached hydrogens (tertiary/aromatic N) is 1. The molecule has 0 aliphatic carbocycles. The second kappa shape index (κ2) is 3.64. The van der Waals surface area contributed by atoms with Crippen LogP contribution in [0.15, 0.2) is 54.6 Å². The zero-order chi connectivity index (χ0) is 11.9. The number of rotatable bonds is 1. The Bertz CT molecular complexity index is 654. The van der Waals surface area contributed by atoms with Gasteiger partial charge in [0, 0.05) is 17.6 Å². The minimum atomic E-state index is 0.245. The zero-order valence-electron chi connectivity index (χ0n) is 9.93. The molecule has 18 heavy (non-hydrogen) atoms. The van der Waals surface area contributed by atoms with Crippen LogP contribution in [0.3, 0.4) is 0 Å². The van der Waals surface area contributed by atoms with Gasteiger partial charge in [0.05, 0.1) is 11.7 Å². The van der Waals surface area contributed by atoms with Crippen molar-refractivity contribution in [1.29, 1.82) is 0 Å². The highest BCUT2D eigenvalue weighted by Crippen LogP contribution is 2.34. The highest BCUT2D eigenvalue weighted by molar-refractivity contribution is 5.80. The molecule has 3 aromatic rings. The van der Waals surface area contributed by atoms with E-state index in [2.05, 4.69) is 59.6 Å². The molecule has 1 aliphatic heterocycles. The topological polar surface area (TPSA) is 29.9 Å². The van der Waals surface area contributed by atoms with Gasteiger partial charge in [0.2, 0.25) is 0 Å². The molecule has 87 valence electrons. The first-order chi connectivity index (χ1) is 8.90. The van der Waals surface area contributed by atoms with Crippen molar-refractivity contribution in [2.45, 2.75) is 12.5 Å². The molecule has 1 unspecified atom stereocenters. The van der Waals surface area contributed by atoms with E-state index in [1.165, 1.54) is 22.2 Å². The quantitative estimate of drug-likeness (QED) is 0.664. The fourth-order valence-electron chi connectivity index (χ4n) is 2.69. The first kappa shape index (κ1) is 9.77. The summed E-state index contributed by atoms with van der Waals surface area (Å²) in [7, 11) is 0. The Kier molecular flexibility index (Phi) is 1.97. The number of hydrogen-bond donors (Lipinski definition) is 1. The fraction of sp³-hybridized carbons (Fsp3) is 0.125. The third-order valence-electron chi connectivity index (χ3n) is 3.61. The van der Waals surface area contributed by atoms with Crippen LogP contribution >= 0.6 is 0 Å². The van der Waals surface area contributed by atoms with Crippen molar-refractivity contribution < 1.29 is 0 Å². The Morgan fingerprint density at radius 2 is 1.83 bits per heavy atom. The summed E-state index contributed by atoms with van der Waals surface area (Å²) in [6, 6.07) is 19.2. The van der Waals surface area contributed by atoms with E-state index in [0.29, 0.717) is 0 Å². The maximum Gasteiger partial charge on any atom is 0.0945 e. The first-order valence-corrected chi connectivity index (χ1v) is 6.26. The van der Waals surface area contributed by atoms with E-state index >= 15 is 0 Å². The molecule has 1 radical (unpaired) electrons. The van der Waals surface area contributed by atoms with Gasteiger partial charge in [-0.15, -0.1) is 0 Å². The summed E-state index contributed by atoms with van der Waals surface area (Å²) >= 11 is 0. The van der Waals surface area contributed by atoms with Crippen molar-refractivity contribution in [3.05, 3.63) is 65.9 Å². The number of aromatic nitrogens is 1. The van der Waals surface area contributed by atoms with Crippen LogP contribution < -0.4 is 5.32 Å². The van der Waals surface area contributed by atoms with E-state index in [1.807, 2.05) is 0 Å². The van der Waals surface area contributed by atoms with Gasteiger partial charge in [0.15, 0.2) is 0 Å². The highest BCUT2D eigenvalue weighted by Gasteiger charge is 2.24. The molecule has 2 aromatic carbocycles. The van der Waals surface area contributed by atoms with Crippen LogP contribution in [0.2, 0.25) is 0 Å². The molecule has 0 saturated carbocycles. The smallest absolute Gasteiger partial charge is 0.0945 e. The van der Waals surface area contributed by atoms with E-state index in [4.69, 9.17) is 5.32 Å². The van der Waals surface area contributed by atoms with Crippen molar-refractivity contribution in [2.24, 2.45) is 0 Å². The molecule has 0 spiro atoms. The standard InChI is InChI=1S/C16H13N2/c1-3-7-13-11(5-1)9-15(17-13)16-10-12-6-2-4-8-14(12)18-16/h1-9,16-17H,10H2. The van der Waals surface area contributed by atoms with Gasteiger partial charge in [-0.3, -0.25) is 5.32 Å². The molecule has 0 amide bonds. The summed E-state index contributed by atoms with van der Waals surface area (Å²) < 4.78 is 0. The number of H-pyrrole nitrogens is 1. The van der Waals surface area contributed by atoms with E-state index in [1.54, 1.807) is 0 Å². The van der Waals surface area contributed by atoms with Gasteiger partial charge >= 0.3 is 0 Å². The average molecular weight is 233 g/mol. The molecule has 0 fully saturated rings. The Morgan fingerprint density at radius 3 is 2.72 bits per heavy atom. The van der Waals surface area contributed by atoms with Crippen LogP contribution in [-0.2, 0) is 6.42 Å². The second-order valence-electron chi connectivity index (χ2n) is 4.79. The monoisotopic (exact) mass is 233 g/mol. The van der Waals surface area contributed by atoms with Crippen molar-refractivity contribution in [2.75, 3.05) is 0 Å². The van der Waals surface area contributed by atoms with Crippen LogP contribution in [0.25, 0.3) is 10.9 Å². The van der Waals surface area contributed by atoms with E-state index in [9.17, 15) is 0 Å². The molecular formula is C16H13N2. The molecule has 4 rings (SSSR count). The minimum absolute atomic E-state index is 0.245. The molecular weight excluding hydrogens is 220 g/mol. The molecule has 0 bridgehead atoms.